The van der Waals surface area contributed by atoms with Crippen LogP contribution >= 0.6 is 0 Å². The first-order valence-electron chi connectivity index (χ1n) is 13.6. The van der Waals surface area contributed by atoms with Crippen LogP contribution in [0.5, 0.6) is 11.5 Å². The third-order valence-corrected chi connectivity index (χ3v) is 7.21. The zero-order chi connectivity index (χ0) is 27.0. The van der Waals surface area contributed by atoms with E-state index in [9.17, 15) is 9.59 Å². The van der Waals surface area contributed by atoms with Gasteiger partial charge in [-0.3, -0.25) is 9.59 Å². The van der Waals surface area contributed by atoms with Crippen LogP contribution in [0.4, 0.5) is 5.69 Å². The Balaban J connectivity index is 1.30. The van der Waals surface area contributed by atoms with Gasteiger partial charge in [0.1, 0.15) is 11.5 Å². The molecule has 0 bridgehead atoms. The Bertz CT molecular complexity index is 1440. The van der Waals surface area contributed by atoms with Gasteiger partial charge in [-0.2, -0.15) is 0 Å². The molecule has 0 aromatic heterocycles. The fraction of sp³-hybridized carbons (Fsp3) is 0.200. The van der Waals surface area contributed by atoms with Gasteiger partial charge in [0.25, 0.3) is 0 Å². The second-order valence-electron chi connectivity index (χ2n) is 9.86. The number of benzene rings is 4. The van der Waals surface area contributed by atoms with Gasteiger partial charge in [0.05, 0.1) is 5.69 Å². The molecule has 0 fully saturated rings. The highest BCUT2D eigenvalue weighted by Gasteiger charge is 2.29. The Morgan fingerprint density at radius 1 is 0.821 bits per heavy atom. The number of fused-ring (bicyclic) bond motifs is 2. The van der Waals surface area contributed by atoms with E-state index in [-0.39, 0.29) is 24.0 Å². The molecule has 196 valence electrons. The Morgan fingerprint density at radius 2 is 1.49 bits per heavy atom. The molecule has 0 saturated carbocycles. The molecular formula is C35H33NO3. The number of carbonyl (C=O) groups is 2. The van der Waals surface area contributed by atoms with E-state index in [1.807, 2.05) is 91.0 Å². The fourth-order valence-electron chi connectivity index (χ4n) is 5.19. The number of nitrogens with one attached hydrogen (secondary N) is 1. The van der Waals surface area contributed by atoms with Gasteiger partial charge in [0, 0.05) is 29.9 Å². The Labute approximate surface area is 230 Å². The lowest BCUT2D eigenvalue weighted by Crippen LogP contribution is -2.20. The molecule has 0 saturated heterocycles. The molecule has 5 rings (SSSR count). The van der Waals surface area contributed by atoms with Gasteiger partial charge in [0.15, 0.2) is 5.78 Å². The Hall–Kier alpha value is -4.44. The monoisotopic (exact) mass is 515 g/mol. The highest BCUT2D eigenvalue weighted by Crippen LogP contribution is 2.45. The van der Waals surface area contributed by atoms with Crippen LogP contribution in [0.25, 0.3) is 6.08 Å². The maximum absolute atomic E-state index is 13.5. The van der Waals surface area contributed by atoms with Crippen LogP contribution in [0.1, 0.15) is 59.9 Å². The average Bonchev–Trinajstić information content (AvgIpc) is 2.97. The quantitative estimate of drug-likeness (QED) is 0.217. The highest BCUT2D eigenvalue weighted by molar-refractivity contribution is 5.98. The number of rotatable bonds is 10. The van der Waals surface area contributed by atoms with E-state index in [1.54, 1.807) is 6.08 Å². The highest BCUT2D eigenvalue weighted by atomic mass is 16.5. The van der Waals surface area contributed by atoms with Gasteiger partial charge < -0.3 is 10.1 Å². The normalized spacial score (nSPS) is 12.4. The van der Waals surface area contributed by atoms with Crippen LogP contribution in [0.2, 0.25) is 0 Å². The van der Waals surface area contributed by atoms with Crippen LogP contribution in [0.15, 0.2) is 103 Å². The first-order valence-corrected chi connectivity index (χ1v) is 13.6. The molecule has 4 heteroatoms. The number of para-hydroxylation sites is 3. The summed E-state index contributed by atoms with van der Waals surface area (Å²) < 4.78 is 6.10. The predicted octanol–water partition coefficient (Wildman–Crippen LogP) is 8.12. The number of anilines is 1. The van der Waals surface area contributed by atoms with Crippen molar-refractivity contribution in [3.05, 3.63) is 131 Å². The van der Waals surface area contributed by atoms with Crippen molar-refractivity contribution in [2.45, 2.75) is 44.9 Å². The van der Waals surface area contributed by atoms with Crippen LogP contribution in [-0.4, -0.2) is 11.7 Å². The van der Waals surface area contributed by atoms with E-state index in [0.717, 1.165) is 58.7 Å². The van der Waals surface area contributed by atoms with Crippen molar-refractivity contribution in [2.75, 3.05) is 5.32 Å². The van der Waals surface area contributed by atoms with E-state index >= 15 is 0 Å². The van der Waals surface area contributed by atoms with E-state index in [4.69, 9.17) is 4.74 Å². The smallest absolute Gasteiger partial charge is 0.225 e. The van der Waals surface area contributed by atoms with E-state index in [2.05, 4.69) is 24.4 Å². The summed E-state index contributed by atoms with van der Waals surface area (Å²) in [6.07, 6.45) is 6.70. The molecule has 0 atom stereocenters. The van der Waals surface area contributed by atoms with Crippen molar-refractivity contribution >= 4 is 23.5 Å². The van der Waals surface area contributed by atoms with Crippen molar-refractivity contribution in [2.24, 2.45) is 0 Å². The minimum atomic E-state index is -0.106. The lowest BCUT2D eigenvalue weighted by molar-refractivity contribution is -0.116. The molecule has 0 unspecified atom stereocenters. The second kappa shape index (κ2) is 12.4. The van der Waals surface area contributed by atoms with Gasteiger partial charge >= 0.3 is 0 Å². The van der Waals surface area contributed by atoms with Crippen molar-refractivity contribution in [1.29, 1.82) is 0 Å². The van der Waals surface area contributed by atoms with Crippen molar-refractivity contribution < 1.29 is 14.3 Å². The molecule has 0 spiro atoms. The molecule has 1 aliphatic rings. The topological polar surface area (TPSA) is 55.4 Å². The first-order chi connectivity index (χ1) is 19.1. The van der Waals surface area contributed by atoms with Crippen LogP contribution < -0.4 is 10.1 Å². The van der Waals surface area contributed by atoms with E-state index < -0.39 is 0 Å². The lowest BCUT2D eigenvalue weighted by atomic mass is 9.85. The number of aryl methyl sites for hydroxylation is 2. The number of ketones is 1. The van der Waals surface area contributed by atoms with Crippen LogP contribution in [-0.2, 0) is 22.4 Å². The summed E-state index contributed by atoms with van der Waals surface area (Å²) in [7, 11) is 0. The molecule has 1 heterocycles. The summed E-state index contributed by atoms with van der Waals surface area (Å²) in [6.45, 7) is 2.07. The molecular weight excluding hydrogens is 482 g/mol. The van der Waals surface area contributed by atoms with Gasteiger partial charge in [-0.25, -0.2) is 0 Å². The van der Waals surface area contributed by atoms with Crippen molar-refractivity contribution in [3.8, 4) is 11.5 Å². The third kappa shape index (κ3) is 6.35. The van der Waals surface area contributed by atoms with Gasteiger partial charge in [-0.05, 0) is 60.2 Å². The number of hydrogen-bond donors (Lipinski definition) is 1. The summed E-state index contributed by atoms with van der Waals surface area (Å²) in [5.41, 5.74) is 5.91. The number of carbonyl (C=O) groups excluding carboxylic acids is 2. The standard InChI is InChI=1S/C35H33NO3/c1-2-26-15-11-16-27(22-23-28(37)17-10-14-25-12-4-3-5-13-25)35(26)36-34(38)24-31-29-18-6-8-20-32(29)39-33-21-9-7-19-30(31)33/h3-9,11-13,15-16,18-23,31H,2,10,14,17,24H2,1H3,(H,36,38). The fourth-order valence-corrected chi connectivity index (χ4v) is 5.19. The molecule has 4 aromatic rings. The minimum absolute atomic E-state index is 0.0729. The number of amides is 1. The molecule has 0 aliphatic carbocycles. The molecule has 1 amide bonds. The molecule has 4 nitrogen and oxygen atoms in total. The third-order valence-electron chi connectivity index (χ3n) is 7.21. The van der Waals surface area contributed by atoms with Gasteiger partial charge in [0.2, 0.25) is 5.91 Å². The summed E-state index contributed by atoms with van der Waals surface area (Å²) in [5.74, 6) is 1.48. The molecule has 1 aliphatic heterocycles. The van der Waals surface area contributed by atoms with E-state index in [0.29, 0.717) is 6.42 Å². The molecule has 0 radical (unpaired) electrons. The summed E-state index contributed by atoms with van der Waals surface area (Å²) in [5, 5.41) is 3.19. The number of allylic oxidation sites excluding steroid dienone is 1. The zero-order valence-electron chi connectivity index (χ0n) is 22.2. The van der Waals surface area contributed by atoms with Crippen LogP contribution in [0, 0.1) is 0 Å². The predicted molar refractivity (Wildman–Crippen MR) is 157 cm³/mol. The van der Waals surface area contributed by atoms with Crippen LogP contribution in [0.3, 0.4) is 0 Å². The summed E-state index contributed by atoms with van der Waals surface area (Å²) in [6, 6.07) is 32.0. The Morgan fingerprint density at radius 3 is 2.18 bits per heavy atom. The minimum Gasteiger partial charge on any atom is -0.457 e. The maximum Gasteiger partial charge on any atom is 0.225 e. The SMILES string of the molecule is CCc1cccc(C=CC(=O)CCCc2ccccc2)c1NC(=O)CC1c2ccccc2Oc2ccccc21. The largest absolute Gasteiger partial charge is 0.457 e. The molecule has 39 heavy (non-hydrogen) atoms. The average molecular weight is 516 g/mol. The summed E-state index contributed by atoms with van der Waals surface area (Å²) in [4.78, 5) is 26.1. The Kier molecular flexibility index (Phi) is 8.33. The molecule has 4 aromatic carbocycles. The lowest BCUT2D eigenvalue weighted by Gasteiger charge is -2.28. The van der Waals surface area contributed by atoms with E-state index in [1.165, 1.54) is 5.56 Å². The molecule has 1 N–H and O–H groups in total. The van der Waals surface area contributed by atoms with Crippen molar-refractivity contribution in [1.82, 2.24) is 0 Å². The zero-order valence-corrected chi connectivity index (χ0v) is 22.2. The number of hydrogen-bond acceptors (Lipinski definition) is 3. The van der Waals surface area contributed by atoms with Crippen molar-refractivity contribution in [3.63, 3.8) is 0 Å². The van der Waals surface area contributed by atoms with Gasteiger partial charge in [-0.1, -0.05) is 91.9 Å². The number of ether oxygens (including phenoxy) is 1. The first kappa shape index (κ1) is 26.2. The maximum atomic E-state index is 13.5. The second-order valence-corrected chi connectivity index (χ2v) is 9.86. The summed E-state index contributed by atoms with van der Waals surface area (Å²) >= 11 is 0. The van der Waals surface area contributed by atoms with Gasteiger partial charge in [-0.15, -0.1) is 0 Å².